The summed E-state index contributed by atoms with van der Waals surface area (Å²) in [7, 11) is 0. The number of amides is 2. The van der Waals surface area contributed by atoms with Gasteiger partial charge in [0, 0.05) is 17.9 Å². The lowest BCUT2D eigenvalue weighted by molar-refractivity contribution is -0.274. The van der Waals surface area contributed by atoms with Crippen molar-refractivity contribution in [1.29, 1.82) is 0 Å². The minimum atomic E-state index is -4.77. The van der Waals surface area contributed by atoms with Crippen molar-refractivity contribution in [2.45, 2.75) is 32.0 Å². The van der Waals surface area contributed by atoms with Crippen LogP contribution in [-0.4, -0.2) is 47.2 Å². The van der Waals surface area contributed by atoms with E-state index < -0.39 is 24.4 Å². The fourth-order valence-corrected chi connectivity index (χ4v) is 3.73. The molecule has 40 heavy (non-hydrogen) atoms. The second kappa shape index (κ2) is 13.6. The predicted molar refractivity (Wildman–Crippen MR) is 143 cm³/mol. The lowest BCUT2D eigenvalue weighted by Crippen LogP contribution is -2.48. The molecule has 0 aliphatic heterocycles. The topological polar surface area (TPSA) is 132 Å². The number of alkyl halides is 3. The SMILES string of the molecule is C=C(N[C@H](C(=O)NO)[C@@H](C)O)c1ccc(-c2ccc(NC(=O)CNCc3cccc(OC(F)(F)F)c3)cc2)cc1. The number of hydrogen-bond donors (Lipinski definition) is 6. The molecule has 0 aliphatic carbocycles. The van der Waals surface area contributed by atoms with Gasteiger partial charge in [-0.15, -0.1) is 13.2 Å². The van der Waals surface area contributed by atoms with Crippen LogP contribution in [0.15, 0.2) is 79.4 Å². The lowest BCUT2D eigenvalue weighted by Gasteiger charge is -2.22. The summed E-state index contributed by atoms with van der Waals surface area (Å²) in [5, 5.41) is 27.0. The Balaban J connectivity index is 1.51. The van der Waals surface area contributed by atoms with Crippen molar-refractivity contribution in [3.05, 3.63) is 90.5 Å². The third kappa shape index (κ3) is 9.12. The normalized spacial score (nSPS) is 12.7. The van der Waals surface area contributed by atoms with E-state index in [-0.39, 0.29) is 24.7 Å². The smallest absolute Gasteiger partial charge is 0.406 e. The third-order valence-electron chi connectivity index (χ3n) is 5.69. The number of aliphatic hydroxyl groups is 1. The summed E-state index contributed by atoms with van der Waals surface area (Å²) < 4.78 is 41.0. The molecular formula is C28H29F3N4O5. The van der Waals surface area contributed by atoms with E-state index in [0.717, 1.165) is 11.1 Å². The molecule has 0 aromatic heterocycles. The molecule has 12 heteroatoms. The van der Waals surface area contributed by atoms with Crippen LogP contribution in [0.1, 0.15) is 18.1 Å². The Morgan fingerprint density at radius 3 is 2.20 bits per heavy atom. The molecule has 0 heterocycles. The van der Waals surface area contributed by atoms with Crippen LogP contribution in [0.3, 0.4) is 0 Å². The van der Waals surface area contributed by atoms with Gasteiger partial charge in [-0.3, -0.25) is 14.8 Å². The molecule has 0 unspecified atom stereocenters. The number of nitrogens with one attached hydrogen (secondary N) is 4. The molecule has 0 radical (unpaired) electrons. The van der Waals surface area contributed by atoms with E-state index in [1.807, 2.05) is 24.3 Å². The monoisotopic (exact) mass is 558 g/mol. The first kappa shape index (κ1) is 30.2. The van der Waals surface area contributed by atoms with Gasteiger partial charge in [-0.05, 0) is 53.4 Å². The van der Waals surface area contributed by atoms with Gasteiger partial charge in [0.25, 0.3) is 5.91 Å². The van der Waals surface area contributed by atoms with Crippen LogP contribution in [0, 0.1) is 0 Å². The Morgan fingerprint density at radius 1 is 1.00 bits per heavy atom. The number of benzene rings is 3. The predicted octanol–water partition coefficient (Wildman–Crippen LogP) is 3.80. The van der Waals surface area contributed by atoms with Crippen molar-refractivity contribution in [2.75, 3.05) is 11.9 Å². The number of rotatable bonds is 12. The number of hydroxylamine groups is 1. The highest BCUT2D eigenvalue weighted by Crippen LogP contribution is 2.24. The summed E-state index contributed by atoms with van der Waals surface area (Å²) in [6.45, 7) is 5.41. The number of halogens is 3. The molecular weight excluding hydrogens is 529 g/mol. The lowest BCUT2D eigenvalue weighted by atomic mass is 10.0. The fraction of sp³-hybridized carbons (Fsp3) is 0.214. The first-order valence-corrected chi connectivity index (χ1v) is 12.1. The molecule has 0 fully saturated rings. The largest absolute Gasteiger partial charge is 0.573 e. The summed E-state index contributed by atoms with van der Waals surface area (Å²) in [6.07, 6.45) is -5.85. The zero-order valence-corrected chi connectivity index (χ0v) is 21.5. The number of carbonyl (C=O) groups excluding carboxylic acids is 2. The van der Waals surface area contributed by atoms with E-state index in [1.54, 1.807) is 30.3 Å². The van der Waals surface area contributed by atoms with Crippen LogP contribution in [0.25, 0.3) is 16.8 Å². The molecule has 2 atom stereocenters. The van der Waals surface area contributed by atoms with Crippen molar-refractivity contribution < 1.29 is 37.8 Å². The molecule has 0 spiro atoms. The van der Waals surface area contributed by atoms with Gasteiger partial charge in [0.2, 0.25) is 5.91 Å². The van der Waals surface area contributed by atoms with Gasteiger partial charge in [-0.1, -0.05) is 55.1 Å². The molecule has 9 nitrogen and oxygen atoms in total. The van der Waals surface area contributed by atoms with Crippen LogP contribution in [0.2, 0.25) is 0 Å². The second-order valence-electron chi connectivity index (χ2n) is 8.82. The number of anilines is 1. The summed E-state index contributed by atoms with van der Waals surface area (Å²) in [4.78, 5) is 24.0. The highest BCUT2D eigenvalue weighted by molar-refractivity contribution is 5.92. The fourth-order valence-electron chi connectivity index (χ4n) is 3.73. The second-order valence-corrected chi connectivity index (χ2v) is 8.82. The van der Waals surface area contributed by atoms with Crippen molar-refractivity contribution in [3.8, 4) is 16.9 Å². The molecule has 0 saturated carbocycles. The zero-order valence-electron chi connectivity index (χ0n) is 21.5. The van der Waals surface area contributed by atoms with Gasteiger partial charge >= 0.3 is 6.36 Å². The summed E-state index contributed by atoms with van der Waals surface area (Å²) in [5.41, 5.74) is 5.43. The average Bonchev–Trinajstić information content (AvgIpc) is 2.91. The molecule has 3 aromatic carbocycles. The summed E-state index contributed by atoms with van der Waals surface area (Å²) in [5.74, 6) is -1.44. The van der Waals surface area contributed by atoms with E-state index in [2.05, 4.69) is 27.3 Å². The quantitative estimate of drug-likeness (QED) is 0.147. The molecule has 0 saturated heterocycles. The van der Waals surface area contributed by atoms with E-state index >= 15 is 0 Å². The van der Waals surface area contributed by atoms with Gasteiger partial charge in [0.15, 0.2) is 0 Å². The van der Waals surface area contributed by atoms with Crippen LogP contribution >= 0.6 is 0 Å². The Morgan fingerprint density at radius 2 is 1.62 bits per heavy atom. The third-order valence-corrected chi connectivity index (χ3v) is 5.69. The highest BCUT2D eigenvalue weighted by Gasteiger charge is 2.31. The standard InChI is InChI=1S/C28H29F3N4O5/c1-17(33-26(18(2)36)27(38)35-39)20-6-8-21(9-7-20)22-10-12-23(13-11-22)34-25(37)16-32-15-19-4-3-5-24(14-19)40-28(29,30)31/h3-14,18,26,32-33,36,39H,1,15-16H2,2H3,(H,34,37)(H,35,38)/t18-,26+/m1/s1. The van der Waals surface area contributed by atoms with Gasteiger partial charge in [-0.25, -0.2) is 5.48 Å². The summed E-state index contributed by atoms with van der Waals surface area (Å²) >= 11 is 0. The highest BCUT2D eigenvalue weighted by atomic mass is 19.4. The van der Waals surface area contributed by atoms with Crippen molar-refractivity contribution in [1.82, 2.24) is 16.1 Å². The Kier molecular flexibility index (Phi) is 10.3. The first-order valence-electron chi connectivity index (χ1n) is 12.1. The number of ether oxygens (including phenoxy) is 1. The molecule has 0 aliphatic rings. The molecule has 6 N–H and O–H groups in total. The van der Waals surface area contributed by atoms with Crippen LogP contribution in [0.4, 0.5) is 18.9 Å². The van der Waals surface area contributed by atoms with Gasteiger partial charge in [-0.2, -0.15) is 0 Å². The maximum absolute atomic E-state index is 12.4. The molecule has 3 rings (SSSR count). The minimum Gasteiger partial charge on any atom is -0.406 e. The Bertz CT molecular complexity index is 1310. The van der Waals surface area contributed by atoms with Crippen LogP contribution < -0.4 is 26.2 Å². The van der Waals surface area contributed by atoms with Crippen LogP contribution in [-0.2, 0) is 16.1 Å². The van der Waals surface area contributed by atoms with Crippen molar-refractivity contribution in [3.63, 3.8) is 0 Å². The number of carbonyl (C=O) groups is 2. The summed E-state index contributed by atoms with van der Waals surface area (Å²) in [6, 6.07) is 18.8. The maximum atomic E-state index is 12.4. The molecule has 212 valence electrons. The van der Waals surface area contributed by atoms with E-state index in [1.165, 1.54) is 30.6 Å². The number of aliphatic hydroxyl groups excluding tert-OH is 1. The van der Waals surface area contributed by atoms with E-state index in [9.17, 15) is 27.9 Å². The van der Waals surface area contributed by atoms with Crippen LogP contribution in [0.5, 0.6) is 5.75 Å². The van der Waals surface area contributed by atoms with Crippen molar-refractivity contribution in [2.24, 2.45) is 0 Å². The Hall–Kier alpha value is -4.39. The minimum absolute atomic E-state index is 0.0542. The Labute approximate surface area is 228 Å². The van der Waals surface area contributed by atoms with Gasteiger partial charge in [0.1, 0.15) is 11.8 Å². The average molecular weight is 559 g/mol. The molecule has 2 amide bonds. The van der Waals surface area contributed by atoms with Gasteiger partial charge in [0.05, 0.1) is 12.6 Å². The molecule has 0 bridgehead atoms. The zero-order chi connectivity index (χ0) is 29.3. The number of hydrogen-bond acceptors (Lipinski definition) is 7. The van der Waals surface area contributed by atoms with Crippen molar-refractivity contribution >= 4 is 23.2 Å². The van der Waals surface area contributed by atoms with E-state index in [0.29, 0.717) is 22.5 Å². The first-order chi connectivity index (χ1) is 18.9. The van der Waals surface area contributed by atoms with Gasteiger partial charge < -0.3 is 25.8 Å². The maximum Gasteiger partial charge on any atom is 0.573 e. The molecule has 3 aromatic rings. The van der Waals surface area contributed by atoms with E-state index in [4.69, 9.17) is 5.21 Å².